The van der Waals surface area contributed by atoms with Gasteiger partial charge in [0, 0.05) is 19.3 Å². The smallest absolute Gasteiger partial charge is 0.126 e. The Morgan fingerprint density at radius 1 is 1.14 bits per heavy atom. The molecule has 0 fully saturated rings. The number of nitrogens with one attached hydrogen (secondary N) is 1. The molecule has 1 aromatic carbocycles. The van der Waals surface area contributed by atoms with Gasteiger partial charge in [-0.3, -0.25) is 0 Å². The molecule has 0 unspecified atom stereocenters. The van der Waals surface area contributed by atoms with Crippen LogP contribution in [-0.4, -0.2) is 23.2 Å². The summed E-state index contributed by atoms with van der Waals surface area (Å²) in [5.74, 6) is 1.72. The molecule has 112 valence electrons. The van der Waals surface area contributed by atoms with Crippen molar-refractivity contribution in [2.75, 3.05) is 18.5 Å². The van der Waals surface area contributed by atoms with Crippen LogP contribution in [0, 0.1) is 0 Å². The zero-order valence-electron chi connectivity index (χ0n) is 12.4. The first-order chi connectivity index (χ1) is 10.3. The highest BCUT2D eigenvalue weighted by molar-refractivity contribution is 5.37. The Labute approximate surface area is 125 Å². The maximum Gasteiger partial charge on any atom is 0.126 e. The van der Waals surface area contributed by atoms with Crippen LogP contribution in [0.3, 0.4) is 0 Å². The van der Waals surface area contributed by atoms with Crippen LogP contribution < -0.4 is 10.1 Å². The molecule has 2 aromatic rings. The molecule has 0 bridgehead atoms. The van der Waals surface area contributed by atoms with Gasteiger partial charge in [-0.05, 0) is 48.2 Å². The minimum Gasteiger partial charge on any atom is -0.489 e. The Morgan fingerprint density at radius 2 is 1.95 bits per heavy atom. The van der Waals surface area contributed by atoms with E-state index in [1.807, 2.05) is 36.4 Å². The molecule has 2 N–H and O–H groups in total. The summed E-state index contributed by atoms with van der Waals surface area (Å²) < 4.78 is 5.77. The number of aliphatic hydroxyl groups excluding tert-OH is 1. The van der Waals surface area contributed by atoms with Gasteiger partial charge in [0.15, 0.2) is 0 Å². The van der Waals surface area contributed by atoms with Gasteiger partial charge < -0.3 is 15.2 Å². The first kappa shape index (κ1) is 15.3. The Hall–Kier alpha value is -2.07. The van der Waals surface area contributed by atoms with Gasteiger partial charge in [0.2, 0.25) is 0 Å². The SMILES string of the molecule is CCCNc1cc(COc2ccc(CCO)cc2)ccn1. The maximum atomic E-state index is 8.89. The van der Waals surface area contributed by atoms with E-state index in [2.05, 4.69) is 17.2 Å². The normalized spacial score (nSPS) is 10.4. The highest BCUT2D eigenvalue weighted by Gasteiger charge is 1.99. The molecule has 4 heteroatoms. The fourth-order valence-electron chi connectivity index (χ4n) is 1.96. The topological polar surface area (TPSA) is 54.4 Å². The van der Waals surface area contributed by atoms with Crippen molar-refractivity contribution in [2.24, 2.45) is 0 Å². The molecule has 0 spiro atoms. The number of aliphatic hydroxyl groups is 1. The molecule has 0 aliphatic rings. The number of hydrogen-bond donors (Lipinski definition) is 2. The summed E-state index contributed by atoms with van der Waals surface area (Å²) in [4.78, 5) is 4.27. The van der Waals surface area contributed by atoms with E-state index in [4.69, 9.17) is 9.84 Å². The zero-order chi connectivity index (χ0) is 14.9. The molecule has 1 aromatic heterocycles. The zero-order valence-corrected chi connectivity index (χ0v) is 12.4. The summed E-state index contributed by atoms with van der Waals surface area (Å²) in [5.41, 5.74) is 2.20. The Balaban J connectivity index is 1.90. The van der Waals surface area contributed by atoms with Crippen LogP contribution in [0.1, 0.15) is 24.5 Å². The number of aromatic nitrogens is 1. The standard InChI is InChI=1S/C17H22N2O2/c1-2-9-18-17-12-15(7-10-19-17)13-21-16-5-3-14(4-6-16)8-11-20/h3-7,10,12,20H,2,8-9,11,13H2,1H3,(H,18,19). The van der Waals surface area contributed by atoms with Crippen molar-refractivity contribution in [3.05, 3.63) is 53.7 Å². The van der Waals surface area contributed by atoms with E-state index >= 15 is 0 Å². The van der Waals surface area contributed by atoms with Gasteiger partial charge in [-0.15, -0.1) is 0 Å². The number of rotatable bonds is 8. The van der Waals surface area contributed by atoms with Crippen LogP contribution in [0.2, 0.25) is 0 Å². The van der Waals surface area contributed by atoms with Crippen molar-refractivity contribution in [3.63, 3.8) is 0 Å². The summed E-state index contributed by atoms with van der Waals surface area (Å²) in [6.07, 6.45) is 3.54. The Morgan fingerprint density at radius 3 is 2.67 bits per heavy atom. The molecular weight excluding hydrogens is 264 g/mol. The highest BCUT2D eigenvalue weighted by atomic mass is 16.5. The molecule has 4 nitrogen and oxygen atoms in total. The first-order valence-corrected chi connectivity index (χ1v) is 7.33. The number of ether oxygens (including phenoxy) is 1. The third-order valence-corrected chi connectivity index (χ3v) is 3.11. The molecule has 2 rings (SSSR count). The van der Waals surface area contributed by atoms with Crippen molar-refractivity contribution >= 4 is 5.82 Å². The Kier molecular flexibility index (Phi) is 6.03. The molecule has 0 amide bonds. The van der Waals surface area contributed by atoms with Gasteiger partial charge in [-0.25, -0.2) is 4.98 Å². The monoisotopic (exact) mass is 286 g/mol. The molecule has 0 radical (unpaired) electrons. The van der Waals surface area contributed by atoms with Crippen LogP contribution in [0.5, 0.6) is 5.75 Å². The van der Waals surface area contributed by atoms with Gasteiger partial charge in [-0.1, -0.05) is 19.1 Å². The van der Waals surface area contributed by atoms with Crippen LogP contribution in [0.15, 0.2) is 42.6 Å². The van der Waals surface area contributed by atoms with E-state index in [-0.39, 0.29) is 6.61 Å². The molecule has 0 atom stereocenters. The number of anilines is 1. The average molecular weight is 286 g/mol. The van der Waals surface area contributed by atoms with Gasteiger partial charge in [0.25, 0.3) is 0 Å². The van der Waals surface area contributed by atoms with E-state index in [0.717, 1.165) is 35.7 Å². The summed E-state index contributed by atoms with van der Waals surface area (Å²) in [6.45, 7) is 3.73. The van der Waals surface area contributed by atoms with Gasteiger partial charge in [-0.2, -0.15) is 0 Å². The third kappa shape index (κ3) is 5.08. The minimum absolute atomic E-state index is 0.171. The lowest BCUT2D eigenvalue weighted by molar-refractivity contribution is 0.298. The second kappa shape index (κ2) is 8.27. The van der Waals surface area contributed by atoms with E-state index in [9.17, 15) is 0 Å². The van der Waals surface area contributed by atoms with E-state index in [1.54, 1.807) is 6.20 Å². The predicted octanol–water partition coefficient (Wildman–Crippen LogP) is 3.02. The summed E-state index contributed by atoms with van der Waals surface area (Å²) in [6, 6.07) is 11.8. The fourth-order valence-corrected chi connectivity index (χ4v) is 1.96. The lowest BCUT2D eigenvalue weighted by atomic mass is 10.1. The van der Waals surface area contributed by atoms with E-state index < -0.39 is 0 Å². The number of nitrogens with zero attached hydrogens (tertiary/aromatic N) is 1. The number of benzene rings is 1. The van der Waals surface area contributed by atoms with Crippen LogP contribution in [-0.2, 0) is 13.0 Å². The fraction of sp³-hybridized carbons (Fsp3) is 0.353. The third-order valence-electron chi connectivity index (χ3n) is 3.11. The van der Waals surface area contributed by atoms with Crippen molar-refractivity contribution in [2.45, 2.75) is 26.4 Å². The van der Waals surface area contributed by atoms with Crippen molar-refractivity contribution in [3.8, 4) is 5.75 Å². The molecule has 0 aliphatic heterocycles. The molecule has 0 saturated heterocycles. The van der Waals surface area contributed by atoms with Crippen LogP contribution >= 0.6 is 0 Å². The number of hydrogen-bond acceptors (Lipinski definition) is 4. The second-order valence-corrected chi connectivity index (χ2v) is 4.88. The lowest BCUT2D eigenvalue weighted by Crippen LogP contribution is -2.03. The first-order valence-electron chi connectivity index (χ1n) is 7.33. The van der Waals surface area contributed by atoms with E-state index in [0.29, 0.717) is 13.0 Å². The Bertz CT molecular complexity index is 541. The highest BCUT2D eigenvalue weighted by Crippen LogP contribution is 2.15. The van der Waals surface area contributed by atoms with E-state index in [1.165, 1.54) is 0 Å². The van der Waals surface area contributed by atoms with Crippen LogP contribution in [0.4, 0.5) is 5.82 Å². The summed E-state index contributed by atoms with van der Waals surface area (Å²) in [5, 5.41) is 12.1. The summed E-state index contributed by atoms with van der Waals surface area (Å²) >= 11 is 0. The van der Waals surface area contributed by atoms with Crippen LogP contribution in [0.25, 0.3) is 0 Å². The summed E-state index contributed by atoms with van der Waals surface area (Å²) in [7, 11) is 0. The second-order valence-electron chi connectivity index (χ2n) is 4.88. The van der Waals surface area contributed by atoms with Gasteiger partial charge in [0.05, 0.1) is 0 Å². The van der Waals surface area contributed by atoms with Crippen molar-refractivity contribution in [1.29, 1.82) is 0 Å². The van der Waals surface area contributed by atoms with Gasteiger partial charge in [0.1, 0.15) is 18.2 Å². The molecule has 1 heterocycles. The molecule has 21 heavy (non-hydrogen) atoms. The predicted molar refractivity (Wildman–Crippen MR) is 84.6 cm³/mol. The van der Waals surface area contributed by atoms with Crippen molar-refractivity contribution < 1.29 is 9.84 Å². The average Bonchev–Trinajstić information content (AvgIpc) is 2.53. The van der Waals surface area contributed by atoms with Gasteiger partial charge >= 0.3 is 0 Å². The lowest BCUT2D eigenvalue weighted by Gasteiger charge is -2.09. The molecule has 0 saturated carbocycles. The van der Waals surface area contributed by atoms with Crippen molar-refractivity contribution in [1.82, 2.24) is 4.98 Å². The number of pyridine rings is 1. The maximum absolute atomic E-state index is 8.89. The minimum atomic E-state index is 0.171. The largest absolute Gasteiger partial charge is 0.489 e. The molecular formula is C17H22N2O2. The quantitative estimate of drug-likeness (QED) is 0.783. The molecule has 0 aliphatic carbocycles.